The lowest BCUT2D eigenvalue weighted by Crippen LogP contribution is -2.22. The highest BCUT2D eigenvalue weighted by molar-refractivity contribution is 7.91. The lowest BCUT2D eigenvalue weighted by atomic mass is 10.5. The van der Waals surface area contributed by atoms with E-state index in [0.29, 0.717) is 17.1 Å². The SMILES string of the molecule is Cc1cnc(CNS(=O)(=O)c2cc([N+](=O)[O-])c(N)s2)o1. The summed E-state index contributed by atoms with van der Waals surface area (Å²) in [6.07, 6.45) is 1.46. The minimum absolute atomic E-state index is 0.151. The van der Waals surface area contributed by atoms with E-state index in [-0.39, 0.29) is 21.6 Å². The van der Waals surface area contributed by atoms with Crippen LogP contribution in [0.2, 0.25) is 0 Å². The highest BCUT2D eigenvalue weighted by Gasteiger charge is 2.24. The van der Waals surface area contributed by atoms with E-state index in [1.54, 1.807) is 6.92 Å². The van der Waals surface area contributed by atoms with Gasteiger partial charge in [0, 0.05) is 6.07 Å². The van der Waals surface area contributed by atoms with Crippen LogP contribution in [0.5, 0.6) is 0 Å². The molecule has 0 atom stereocenters. The van der Waals surface area contributed by atoms with Crippen LogP contribution in [0, 0.1) is 17.0 Å². The van der Waals surface area contributed by atoms with Gasteiger partial charge in [-0.1, -0.05) is 11.3 Å². The Morgan fingerprint density at radius 3 is 2.80 bits per heavy atom. The summed E-state index contributed by atoms with van der Waals surface area (Å²) < 4.78 is 31.0. The molecule has 9 nitrogen and oxygen atoms in total. The largest absolute Gasteiger partial charge is 0.445 e. The number of hydrogen-bond acceptors (Lipinski definition) is 8. The van der Waals surface area contributed by atoms with E-state index in [4.69, 9.17) is 10.2 Å². The zero-order chi connectivity index (χ0) is 14.9. The number of oxazole rings is 1. The van der Waals surface area contributed by atoms with Crippen molar-refractivity contribution in [2.45, 2.75) is 17.7 Å². The topological polar surface area (TPSA) is 141 Å². The molecule has 11 heteroatoms. The first kappa shape index (κ1) is 14.4. The predicted molar refractivity (Wildman–Crippen MR) is 70.7 cm³/mol. The van der Waals surface area contributed by atoms with Gasteiger partial charge in [0.15, 0.2) is 5.00 Å². The van der Waals surface area contributed by atoms with Crippen molar-refractivity contribution in [2.24, 2.45) is 0 Å². The quantitative estimate of drug-likeness (QED) is 0.619. The fourth-order valence-corrected chi connectivity index (χ4v) is 3.59. The molecule has 0 aliphatic carbocycles. The molecule has 0 spiro atoms. The number of nitrogens with two attached hydrogens (primary N) is 1. The molecule has 108 valence electrons. The maximum Gasteiger partial charge on any atom is 0.304 e. The van der Waals surface area contributed by atoms with Crippen molar-refractivity contribution in [1.29, 1.82) is 0 Å². The van der Waals surface area contributed by atoms with Crippen LogP contribution >= 0.6 is 11.3 Å². The van der Waals surface area contributed by atoms with E-state index in [1.807, 2.05) is 0 Å². The number of aryl methyl sites for hydroxylation is 1. The van der Waals surface area contributed by atoms with E-state index in [2.05, 4.69) is 9.71 Å². The van der Waals surface area contributed by atoms with Crippen LogP contribution in [0.1, 0.15) is 11.7 Å². The van der Waals surface area contributed by atoms with E-state index >= 15 is 0 Å². The Labute approximate surface area is 117 Å². The third-order valence-corrected chi connectivity index (χ3v) is 5.09. The number of aromatic nitrogens is 1. The molecule has 20 heavy (non-hydrogen) atoms. The third-order valence-electron chi connectivity index (χ3n) is 2.26. The van der Waals surface area contributed by atoms with Crippen LogP contribution in [-0.4, -0.2) is 18.3 Å². The molecular formula is C9H10N4O5S2. The lowest BCUT2D eigenvalue weighted by molar-refractivity contribution is -0.383. The van der Waals surface area contributed by atoms with Crippen molar-refractivity contribution in [3.8, 4) is 0 Å². The van der Waals surface area contributed by atoms with Gasteiger partial charge in [0.25, 0.3) is 10.0 Å². The Bertz CT molecular complexity index is 748. The molecule has 0 aromatic carbocycles. The number of anilines is 1. The highest BCUT2D eigenvalue weighted by Crippen LogP contribution is 2.34. The fourth-order valence-electron chi connectivity index (χ4n) is 1.36. The normalized spacial score (nSPS) is 11.7. The van der Waals surface area contributed by atoms with Crippen molar-refractivity contribution in [2.75, 3.05) is 5.73 Å². The number of nitrogens with one attached hydrogen (secondary N) is 1. The first-order chi connectivity index (χ1) is 9.29. The highest BCUT2D eigenvalue weighted by atomic mass is 32.2. The van der Waals surface area contributed by atoms with E-state index in [0.717, 1.165) is 6.07 Å². The van der Waals surface area contributed by atoms with Crippen LogP contribution in [0.15, 0.2) is 20.9 Å². The zero-order valence-electron chi connectivity index (χ0n) is 10.2. The Morgan fingerprint density at radius 1 is 1.60 bits per heavy atom. The van der Waals surface area contributed by atoms with Gasteiger partial charge in [0.05, 0.1) is 17.7 Å². The summed E-state index contributed by atoms with van der Waals surface area (Å²) in [6.45, 7) is 1.52. The second kappa shape index (κ2) is 5.19. The number of hydrogen-bond donors (Lipinski definition) is 2. The van der Waals surface area contributed by atoms with Crippen molar-refractivity contribution in [1.82, 2.24) is 9.71 Å². The number of rotatable bonds is 5. The van der Waals surface area contributed by atoms with Gasteiger partial charge in [-0.25, -0.2) is 18.1 Å². The summed E-state index contributed by atoms with van der Waals surface area (Å²) in [5.74, 6) is 0.750. The van der Waals surface area contributed by atoms with Gasteiger partial charge in [0.1, 0.15) is 9.97 Å². The minimum atomic E-state index is -3.90. The number of nitrogen functional groups attached to an aromatic ring is 1. The summed E-state index contributed by atoms with van der Waals surface area (Å²) >= 11 is 0.625. The van der Waals surface area contributed by atoms with Crippen LogP contribution in [0.4, 0.5) is 10.7 Å². The number of nitro groups is 1. The molecule has 0 aliphatic rings. The second-order valence-electron chi connectivity index (χ2n) is 3.76. The van der Waals surface area contributed by atoms with Crippen molar-refractivity contribution in [3.63, 3.8) is 0 Å². The monoisotopic (exact) mass is 318 g/mol. The average molecular weight is 318 g/mol. The molecule has 2 rings (SSSR count). The van der Waals surface area contributed by atoms with E-state index in [1.165, 1.54) is 6.20 Å². The van der Waals surface area contributed by atoms with Gasteiger partial charge < -0.3 is 10.2 Å². The van der Waals surface area contributed by atoms with Gasteiger partial charge in [-0.05, 0) is 6.92 Å². The average Bonchev–Trinajstić information content (AvgIpc) is 2.93. The maximum atomic E-state index is 12.0. The zero-order valence-corrected chi connectivity index (χ0v) is 11.8. The number of nitrogens with zero attached hydrogens (tertiary/aromatic N) is 2. The molecule has 0 radical (unpaired) electrons. The summed E-state index contributed by atoms with van der Waals surface area (Å²) in [5, 5.41) is 10.5. The van der Waals surface area contributed by atoms with Crippen molar-refractivity contribution in [3.05, 3.63) is 34.0 Å². The van der Waals surface area contributed by atoms with Crippen molar-refractivity contribution >= 4 is 32.0 Å². The van der Waals surface area contributed by atoms with Gasteiger partial charge in [-0.2, -0.15) is 0 Å². The number of sulfonamides is 1. The van der Waals surface area contributed by atoms with Gasteiger partial charge in [0.2, 0.25) is 5.89 Å². The van der Waals surface area contributed by atoms with Gasteiger partial charge in [-0.3, -0.25) is 10.1 Å². The van der Waals surface area contributed by atoms with Gasteiger partial charge >= 0.3 is 5.69 Å². The predicted octanol–water partition coefficient (Wildman–Crippen LogP) is 1.01. The van der Waals surface area contributed by atoms with Crippen LogP contribution in [-0.2, 0) is 16.6 Å². The molecule has 2 aromatic heterocycles. The first-order valence-electron chi connectivity index (χ1n) is 5.24. The molecular weight excluding hydrogens is 308 g/mol. The summed E-state index contributed by atoms with van der Waals surface area (Å²) in [4.78, 5) is 13.7. The summed E-state index contributed by atoms with van der Waals surface area (Å²) in [7, 11) is -3.90. The molecule has 2 aromatic rings. The third kappa shape index (κ3) is 2.95. The molecule has 0 bridgehead atoms. The minimum Gasteiger partial charge on any atom is -0.445 e. The van der Waals surface area contributed by atoms with Crippen molar-refractivity contribution < 1.29 is 17.8 Å². The molecule has 3 N–H and O–H groups in total. The standard InChI is InChI=1S/C9H10N4O5S2/c1-5-3-11-7(18-5)4-12-20(16,17)8-2-6(13(14)15)9(10)19-8/h2-3,12H,4,10H2,1H3. The van der Waals surface area contributed by atoms with Crippen LogP contribution in [0.3, 0.4) is 0 Å². The Hall–Kier alpha value is -1.98. The van der Waals surface area contributed by atoms with Gasteiger partial charge in [-0.15, -0.1) is 0 Å². The summed E-state index contributed by atoms with van der Waals surface area (Å²) in [6, 6.07) is 0.920. The van der Waals surface area contributed by atoms with E-state index in [9.17, 15) is 18.5 Å². The lowest BCUT2D eigenvalue weighted by Gasteiger charge is -2.00. The molecule has 2 heterocycles. The molecule has 0 saturated carbocycles. The molecule has 0 unspecified atom stereocenters. The molecule has 0 amide bonds. The molecule has 0 saturated heterocycles. The first-order valence-corrected chi connectivity index (χ1v) is 7.54. The number of thiophene rings is 1. The smallest absolute Gasteiger partial charge is 0.304 e. The fraction of sp³-hybridized carbons (Fsp3) is 0.222. The second-order valence-corrected chi connectivity index (χ2v) is 6.84. The van der Waals surface area contributed by atoms with E-state index < -0.39 is 20.6 Å². The van der Waals surface area contributed by atoms with Crippen LogP contribution < -0.4 is 10.5 Å². The van der Waals surface area contributed by atoms with Crippen LogP contribution in [0.25, 0.3) is 0 Å². The maximum absolute atomic E-state index is 12.0. The Kier molecular flexibility index (Phi) is 3.74. The molecule has 0 fully saturated rings. The summed E-state index contributed by atoms with van der Waals surface area (Å²) in [5.41, 5.74) is 4.97. The molecule has 0 aliphatic heterocycles. The Morgan fingerprint density at radius 2 is 2.30 bits per heavy atom. The Balaban J connectivity index is 2.18.